The summed E-state index contributed by atoms with van der Waals surface area (Å²) >= 11 is 0. The molecule has 1 amide bonds. The van der Waals surface area contributed by atoms with Crippen molar-refractivity contribution in [3.8, 4) is 5.75 Å². The molecule has 0 N–H and O–H groups in total. The number of carbonyl (C=O) groups excluding carboxylic acids is 1. The minimum Gasteiger partial charge on any atom is -0.492 e. The lowest BCUT2D eigenvalue weighted by atomic mass is 10.2. The number of amides is 1. The van der Waals surface area contributed by atoms with Crippen molar-refractivity contribution in [2.45, 2.75) is 0 Å². The number of aromatic nitrogens is 2. The summed E-state index contributed by atoms with van der Waals surface area (Å²) < 4.78 is 11.2. The first-order chi connectivity index (χ1) is 12.3. The molecule has 0 bridgehead atoms. The number of hydrogen-bond acceptors (Lipinski definition) is 6. The molecule has 0 atom stereocenters. The molecule has 1 aromatic carbocycles. The summed E-state index contributed by atoms with van der Waals surface area (Å²) in [5.41, 5.74) is 0.652. The van der Waals surface area contributed by atoms with Gasteiger partial charge in [0.1, 0.15) is 5.58 Å². The van der Waals surface area contributed by atoms with Gasteiger partial charge in [-0.2, -0.15) is 0 Å². The van der Waals surface area contributed by atoms with Crippen molar-refractivity contribution >= 4 is 22.8 Å². The first kappa shape index (κ1) is 15.4. The molecule has 4 rings (SSSR count). The lowest BCUT2D eigenvalue weighted by Crippen LogP contribution is -2.49. The number of rotatable bonds is 3. The van der Waals surface area contributed by atoms with Crippen LogP contribution in [0, 0.1) is 0 Å². The van der Waals surface area contributed by atoms with Crippen LogP contribution in [0.25, 0.3) is 11.0 Å². The minimum atomic E-state index is -0.151. The molecule has 1 aliphatic heterocycles. The van der Waals surface area contributed by atoms with E-state index in [0.717, 1.165) is 5.39 Å². The molecule has 0 spiro atoms. The second-order valence-corrected chi connectivity index (χ2v) is 5.79. The van der Waals surface area contributed by atoms with Gasteiger partial charge in [-0.15, -0.1) is 0 Å². The van der Waals surface area contributed by atoms with Crippen LogP contribution >= 0.6 is 0 Å². The maximum Gasteiger partial charge on any atom is 0.293 e. The molecule has 0 radical (unpaired) electrons. The third-order valence-electron chi connectivity index (χ3n) is 4.35. The molecule has 7 heteroatoms. The van der Waals surface area contributed by atoms with Crippen molar-refractivity contribution in [3.63, 3.8) is 0 Å². The van der Waals surface area contributed by atoms with Gasteiger partial charge in [-0.1, -0.05) is 12.1 Å². The van der Waals surface area contributed by atoms with E-state index in [0.29, 0.717) is 43.5 Å². The normalized spacial score (nSPS) is 14.8. The first-order valence-electron chi connectivity index (χ1n) is 8.14. The lowest BCUT2D eigenvalue weighted by Gasteiger charge is -2.34. The molecule has 2 aromatic heterocycles. The number of furan rings is 1. The predicted octanol–water partition coefficient (Wildman–Crippen LogP) is 2.19. The highest BCUT2D eigenvalue weighted by Crippen LogP contribution is 2.33. The van der Waals surface area contributed by atoms with Crippen molar-refractivity contribution in [2.24, 2.45) is 0 Å². The summed E-state index contributed by atoms with van der Waals surface area (Å²) in [5.74, 6) is 1.29. The Balaban J connectivity index is 1.53. The summed E-state index contributed by atoms with van der Waals surface area (Å²) in [7, 11) is 1.55. The van der Waals surface area contributed by atoms with Crippen LogP contribution < -0.4 is 9.64 Å². The third-order valence-corrected chi connectivity index (χ3v) is 4.35. The Hall–Kier alpha value is -3.09. The van der Waals surface area contributed by atoms with Gasteiger partial charge in [0, 0.05) is 38.6 Å². The molecule has 25 heavy (non-hydrogen) atoms. The number of para-hydroxylation sites is 1. The molecule has 128 valence electrons. The van der Waals surface area contributed by atoms with Gasteiger partial charge in [-0.05, 0) is 18.2 Å². The number of fused-ring (bicyclic) bond motifs is 1. The molecule has 1 saturated heterocycles. The highest BCUT2D eigenvalue weighted by atomic mass is 16.5. The van der Waals surface area contributed by atoms with Crippen LogP contribution in [0.2, 0.25) is 0 Å². The number of nitrogens with zero attached hydrogens (tertiary/aromatic N) is 4. The Bertz CT molecular complexity index is 886. The number of ether oxygens (including phenoxy) is 1. The number of benzene rings is 1. The topological polar surface area (TPSA) is 71.7 Å². The van der Waals surface area contributed by atoms with Crippen LogP contribution in [0.3, 0.4) is 0 Å². The van der Waals surface area contributed by atoms with Gasteiger partial charge in [0.15, 0.2) is 5.75 Å². The zero-order valence-electron chi connectivity index (χ0n) is 13.9. The number of hydrogen-bond donors (Lipinski definition) is 0. The fourth-order valence-corrected chi connectivity index (χ4v) is 3.07. The average molecular weight is 338 g/mol. The Kier molecular flexibility index (Phi) is 3.97. The molecule has 3 aromatic rings. The Labute approximate surface area is 144 Å². The summed E-state index contributed by atoms with van der Waals surface area (Å²) in [6.45, 7) is 2.52. The van der Waals surface area contributed by atoms with E-state index in [4.69, 9.17) is 9.15 Å². The molecular weight excluding hydrogens is 320 g/mol. The number of anilines is 1. The Morgan fingerprint density at radius 3 is 2.52 bits per heavy atom. The van der Waals surface area contributed by atoms with E-state index in [1.165, 1.54) is 0 Å². The number of methoxy groups -OCH3 is 1. The highest BCUT2D eigenvalue weighted by Gasteiger charge is 2.29. The summed E-state index contributed by atoms with van der Waals surface area (Å²) in [4.78, 5) is 25.3. The average Bonchev–Trinajstić information content (AvgIpc) is 3.07. The van der Waals surface area contributed by atoms with Crippen LogP contribution in [0.5, 0.6) is 5.75 Å². The second-order valence-electron chi connectivity index (χ2n) is 5.79. The smallest absolute Gasteiger partial charge is 0.293 e. The zero-order chi connectivity index (χ0) is 17.2. The van der Waals surface area contributed by atoms with Gasteiger partial charge in [0.05, 0.1) is 12.5 Å². The minimum absolute atomic E-state index is 0.151. The van der Waals surface area contributed by atoms with E-state index in [1.807, 2.05) is 24.3 Å². The van der Waals surface area contributed by atoms with E-state index in [-0.39, 0.29) is 11.7 Å². The van der Waals surface area contributed by atoms with Gasteiger partial charge in [-0.25, -0.2) is 9.97 Å². The predicted molar refractivity (Wildman–Crippen MR) is 92.9 cm³/mol. The first-order valence-corrected chi connectivity index (χ1v) is 8.14. The summed E-state index contributed by atoms with van der Waals surface area (Å²) in [6.07, 6.45) is 3.44. The standard InChI is InChI=1S/C18H18N4O3/c1-24-15-13-5-2-3-6-14(13)25-16(15)17(23)21-9-11-22(12-10-21)18-19-7-4-8-20-18/h2-8H,9-12H2,1H3. The van der Waals surface area contributed by atoms with Crippen molar-refractivity contribution in [1.29, 1.82) is 0 Å². The molecule has 7 nitrogen and oxygen atoms in total. The van der Waals surface area contributed by atoms with Crippen molar-refractivity contribution in [2.75, 3.05) is 38.2 Å². The van der Waals surface area contributed by atoms with E-state index in [9.17, 15) is 4.79 Å². The summed E-state index contributed by atoms with van der Waals surface area (Å²) in [6, 6.07) is 9.28. The van der Waals surface area contributed by atoms with E-state index < -0.39 is 0 Å². The fourth-order valence-electron chi connectivity index (χ4n) is 3.07. The zero-order valence-corrected chi connectivity index (χ0v) is 13.9. The van der Waals surface area contributed by atoms with Crippen LogP contribution in [-0.2, 0) is 0 Å². The number of piperazine rings is 1. The van der Waals surface area contributed by atoms with Crippen molar-refractivity contribution in [1.82, 2.24) is 14.9 Å². The maximum absolute atomic E-state index is 12.9. The second kappa shape index (κ2) is 6.43. The molecule has 0 aliphatic carbocycles. The van der Waals surface area contributed by atoms with Gasteiger partial charge in [-0.3, -0.25) is 4.79 Å². The van der Waals surface area contributed by atoms with Crippen LogP contribution in [0.4, 0.5) is 5.95 Å². The largest absolute Gasteiger partial charge is 0.492 e. The maximum atomic E-state index is 12.9. The number of carbonyl (C=O) groups is 1. The fraction of sp³-hybridized carbons (Fsp3) is 0.278. The highest BCUT2D eigenvalue weighted by molar-refractivity contribution is 6.01. The Morgan fingerprint density at radius 2 is 1.80 bits per heavy atom. The summed E-state index contributed by atoms with van der Waals surface area (Å²) in [5, 5.41) is 0.810. The molecule has 0 unspecified atom stereocenters. The van der Waals surface area contributed by atoms with E-state index >= 15 is 0 Å². The van der Waals surface area contributed by atoms with Gasteiger partial charge in [0.25, 0.3) is 5.91 Å². The third kappa shape index (κ3) is 2.77. The van der Waals surface area contributed by atoms with E-state index in [2.05, 4.69) is 14.9 Å². The van der Waals surface area contributed by atoms with Crippen LogP contribution in [-0.4, -0.2) is 54.1 Å². The van der Waals surface area contributed by atoms with Crippen LogP contribution in [0.15, 0.2) is 47.1 Å². The Morgan fingerprint density at radius 1 is 1.08 bits per heavy atom. The van der Waals surface area contributed by atoms with Gasteiger partial charge >= 0.3 is 0 Å². The van der Waals surface area contributed by atoms with Crippen LogP contribution in [0.1, 0.15) is 10.6 Å². The van der Waals surface area contributed by atoms with Crippen molar-refractivity contribution < 1.29 is 13.9 Å². The molecule has 1 aliphatic rings. The molecule has 0 saturated carbocycles. The van der Waals surface area contributed by atoms with Gasteiger partial charge in [0.2, 0.25) is 11.7 Å². The molecule has 3 heterocycles. The van der Waals surface area contributed by atoms with Crippen molar-refractivity contribution in [3.05, 3.63) is 48.5 Å². The lowest BCUT2D eigenvalue weighted by molar-refractivity contribution is 0.0712. The SMILES string of the molecule is COc1c(C(=O)N2CCN(c3ncccn3)CC2)oc2ccccc12. The van der Waals surface area contributed by atoms with E-state index in [1.54, 1.807) is 30.5 Å². The molecular formula is C18H18N4O3. The quantitative estimate of drug-likeness (QED) is 0.729. The monoisotopic (exact) mass is 338 g/mol. The molecule has 1 fully saturated rings. The van der Waals surface area contributed by atoms with Gasteiger partial charge < -0.3 is 19.0 Å².